The summed E-state index contributed by atoms with van der Waals surface area (Å²) in [5.74, 6) is 1.96. The van der Waals surface area contributed by atoms with Gasteiger partial charge in [-0.05, 0) is 47.5 Å². The van der Waals surface area contributed by atoms with Crippen LogP contribution >= 0.6 is 27.7 Å². The number of thioether (sulfide) groups is 1. The van der Waals surface area contributed by atoms with E-state index in [1.807, 2.05) is 43.3 Å². The maximum absolute atomic E-state index is 13.2. The van der Waals surface area contributed by atoms with Crippen LogP contribution in [-0.2, 0) is 4.79 Å². The SMILES string of the molecule is CCCCCSC1=NN2C(=c3ccccc3=NC2c2cc(Br)c(OC)c(OCC)c2)C(=O)N1. The number of methoxy groups -OCH3 is 1. The highest BCUT2D eigenvalue weighted by Crippen LogP contribution is 2.41. The number of benzene rings is 2. The molecule has 2 aromatic rings. The number of ether oxygens (including phenoxy) is 2. The number of amidine groups is 1. The molecule has 1 atom stereocenters. The number of unbranched alkanes of at least 4 members (excludes halogenated alkanes) is 2. The maximum atomic E-state index is 13.2. The Morgan fingerprint density at radius 1 is 1.21 bits per heavy atom. The molecule has 1 N–H and O–H groups in total. The zero-order chi connectivity index (χ0) is 23.4. The summed E-state index contributed by atoms with van der Waals surface area (Å²) in [4.78, 5) is 18.2. The van der Waals surface area contributed by atoms with Gasteiger partial charge in [0, 0.05) is 16.5 Å². The lowest BCUT2D eigenvalue weighted by molar-refractivity contribution is -0.116. The van der Waals surface area contributed by atoms with Gasteiger partial charge in [0.1, 0.15) is 5.70 Å². The van der Waals surface area contributed by atoms with Crippen molar-refractivity contribution in [2.45, 2.75) is 39.3 Å². The topological polar surface area (TPSA) is 75.5 Å². The summed E-state index contributed by atoms with van der Waals surface area (Å²) < 4.78 is 12.1. The van der Waals surface area contributed by atoms with Crippen LogP contribution in [0.1, 0.15) is 44.8 Å². The number of rotatable bonds is 8. The van der Waals surface area contributed by atoms with Gasteiger partial charge >= 0.3 is 0 Å². The average Bonchev–Trinajstić information content (AvgIpc) is 2.81. The third-order valence-electron chi connectivity index (χ3n) is 5.34. The van der Waals surface area contributed by atoms with Crippen molar-refractivity contribution in [3.63, 3.8) is 0 Å². The number of carbonyl (C=O) groups excluding carboxylic acids is 1. The third kappa shape index (κ3) is 4.89. The average molecular weight is 531 g/mol. The van der Waals surface area contributed by atoms with E-state index in [1.54, 1.807) is 23.9 Å². The number of hydrogen-bond donors (Lipinski definition) is 1. The number of hydrogen-bond acceptors (Lipinski definition) is 7. The molecule has 9 heteroatoms. The number of fused-ring (bicyclic) bond motifs is 2. The summed E-state index contributed by atoms with van der Waals surface area (Å²) in [6, 6.07) is 11.5. The summed E-state index contributed by atoms with van der Waals surface area (Å²) in [5, 5.41) is 11.6. The van der Waals surface area contributed by atoms with E-state index in [0.29, 0.717) is 29.0 Å². The van der Waals surface area contributed by atoms with Crippen molar-refractivity contribution in [3.05, 3.63) is 57.0 Å². The van der Waals surface area contributed by atoms with Crippen molar-refractivity contribution in [2.75, 3.05) is 19.5 Å². The van der Waals surface area contributed by atoms with E-state index in [9.17, 15) is 4.79 Å². The Balaban J connectivity index is 1.82. The minimum absolute atomic E-state index is 0.173. The van der Waals surface area contributed by atoms with Crippen LogP contribution in [0.15, 0.2) is 51.0 Å². The molecule has 2 aromatic carbocycles. The fourth-order valence-electron chi connectivity index (χ4n) is 3.83. The number of para-hydroxylation sites is 1. The highest BCUT2D eigenvalue weighted by Gasteiger charge is 2.35. The fourth-order valence-corrected chi connectivity index (χ4v) is 5.30. The molecule has 2 aliphatic rings. The van der Waals surface area contributed by atoms with Crippen molar-refractivity contribution in [1.29, 1.82) is 0 Å². The van der Waals surface area contributed by atoms with Gasteiger partial charge in [0.15, 0.2) is 22.8 Å². The van der Waals surface area contributed by atoms with Gasteiger partial charge in [-0.25, -0.2) is 5.01 Å². The zero-order valence-corrected chi connectivity index (χ0v) is 21.3. The van der Waals surface area contributed by atoms with Gasteiger partial charge in [0.25, 0.3) is 5.91 Å². The first-order chi connectivity index (χ1) is 16.1. The van der Waals surface area contributed by atoms with Gasteiger partial charge in [-0.15, -0.1) is 5.10 Å². The monoisotopic (exact) mass is 530 g/mol. The van der Waals surface area contributed by atoms with Gasteiger partial charge < -0.3 is 9.47 Å². The first kappa shape index (κ1) is 23.6. The molecule has 0 aliphatic carbocycles. The van der Waals surface area contributed by atoms with Gasteiger partial charge in [-0.3, -0.25) is 15.1 Å². The molecule has 7 nitrogen and oxygen atoms in total. The van der Waals surface area contributed by atoms with Gasteiger partial charge in [0.05, 0.1) is 23.5 Å². The van der Waals surface area contributed by atoms with E-state index < -0.39 is 6.17 Å². The summed E-state index contributed by atoms with van der Waals surface area (Å²) in [6.45, 7) is 4.60. The summed E-state index contributed by atoms with van der Waals surface area (Å²) >= 11 is 5.16. The molecule has 0 bridgehead atoms. The largest absolute Gasteiger partial charge is 0.492 e. The van der Waals surface area contributed by atoms with Crippen molar-refractivity contribution < 1.29 is 14.3 Å². The molecule has 0 fully saturated rings. The Bertz CT molecular complexity index is 1200. The second-order valence-corrected chi connectivity index (χ2v) is 9.53. The Kier molecular flexibility index (Phi) is 7.60. The lowest BCUT2D eigenvalue weighted by Gasteiger charge is -2.34. The standard InChI is InChI=1S/C24H27BrN4O3S/c1-4-6-9-12-33-24-27-23(30)20-16-10-7-8-11-18(16)26-22(29(20)28-24)15-13-17(25)21(31-3)19(14-15)32-5-2/h7-8,10-11,13-14,22H,4-6,9,12H2,1-3H3,(H,27,28,30). The molecular formula is C24H27BrN4O3S. The third-order valence-corrected chi connectivity index (χ3v) is 6.88. The molecule has 0 radical (unpaired) electrons. The van der Waals surface area contributed by atoms with E-state index in [0.717, 1.165) is 45.6 Å². The maximum Gasteiger partial charge on any atom is 0.276 e. The Labute approximate surface area is 206 Å². The molecule has 2 heterocycles. The Hall–Kier alpha value is -2.52. The number of nitrogens with zero attached hydrogens (tertiary/aromatic N) is 3. The molecule has 4 rings (SSSR count). The smallest absolute Gasteiger partial charge is 0.276 e. The van der Waals surface area contributed by atoms with Crippen molar-refractivity contribution in [2.24, 2.45) is 10.1 Å². The minimum Gasteiger partial charge on any atom is -0.492 e. The fraction of sp³-hybridized carbons (Fsp3) is 0.375. The lowest BCUT2D eigenvalue weighted by atomic mass is 10.1. The quantitative estimate of drug-likeness (QED) is 0.523. The van der Waals surface area contributed by atoms with E-state index in [1.165, 1.54) is 0 Å². The lowest BCUT2D eigenvalue weighted by Crippen LogP contribution is -2.50. The molecular weight excluding hydrogens is 504 g/mol. The zero-order valence-electron chi connectivity index (χ0n) is 18.9. The first-order valence-corrected chi connectivity index (χ1v) is 12.8. The predicted molar refractivity (Wildman–Crippen MR) is 135 cm³/mol. The van der Waals surface area contributed by atoms with E-state index in [-0.39, 0.29) is 5.91 Å². The van der Waals surface area contributed by atoms with Crippen LogP contribution in [0.25, 0.3) is 5.70 Å². The summed E-state index contributed by atoms with van der Waals surface area (Å²) in [5.41, 5.74) is 1.33. The number of amides is 1. The number of hydrazone groups is 1. The van der Waals surface area contributed by atoms with Crippen molar-refractivity contribution in [3.8, 4) is 11.5 Å². The summed E-state index contributed by atoms with van der Waals surface area (Å²) in [6.07, 6.45) is 2.86. The van der Waals surface area contributed by atoms with Crippen molar-refractivity contribution >= 4 is 44.5 Å². The van der Waals surface area contributed by atoms with Gasteiger partial charge in [-0.2, -0.15) is 0 Å². The van der Waals surface area contributed by atoms with Crippen LogP contribution in [-0.4, -0.2) is 35.6 Å². The van der Waals surface area contributed by atoms with Gasteiger partial charge in [-0.1, -0.05) is 49.7 Å². The van der Waals surface area contributed by atoms with E-state index in [2.05, 4.69) is 28.2 Å². The molecule has 2 aliphatic heterocycles. The number of halogens is 1. The predicted octanol–water partition coefficient (Wildman–Crippen LogP) is 3.92. The first-order valence-electron chi connectivity index (χ1n) is 11.1. The van der Waals surface area contributed by atoms with Gasteiger partial charge in [0.2, 0.25) is 0 Å². The van der Waals surface area contributed by atoms with Crippen LogP contribution in [0.4, 0.5) is 0 Å². The summed E-state index contributed by atoms with van der Waals surface area (Å²) in [7, 11) is 1.61. The van der Waals surface area contributed by atoms with Crippen LogP contribution in [0.2, 0.25) is 0 Å². The molecule has 174 valence electrons. The van der Waals surface area contributed by atoms with Crippen LogP contribution in [0, 0.1) is 0 Å². The number of nitrogens with one attached hydrogen (secondary N) is 1. The van der Waals surface area contributed by atoms with Crippen LogP contribution in [0.3, 0.4) is 0 Å². The van der Waals surface area contributed by atoms with Crippen LogP contribution in [0.5, 0.6) is 11.5 Å². The molecule has 1 unspecified atom stereocenters. The van der Waals surface area contributed by atoms with E-state index in [4.69, 9.17) is 19.6 Å². The highest BCUT2D eigenvalue weighted by atomic mass is 79.9. The molecule has 0 saturated carbocycles. The Morgan fingerprint density at radius 2 is 2.03 bits per heavy atom. The highest BCUT2D eigenvalue weighted by molar-refractivity contribution is 9.10. The van der Waals surface area contributed by atoms with Crippen LogP contribution < -0.4 is 25.4 Å². The molecule has 0 spiro atoms. The second kappa shape index (κ2) is 10.6. The second-order valence-electron chi connectivity index (χ2n) is 7.60. The molecule has 1 amide bonds. The normalized spacial score (nSPS) is 16.9. The van der Waals surface area contributed by atoms with E-state index >= 15 is 0 Å². The minimum atomic E-state index is -0.520. The van der Waals surface area contributed by atoms with Crippen molar-refractivity contribution in [1.82, 2.24) is 10.3 Å². The molecule has 33 heavy (non-hydrogen) atoms. The number of carbonyl (C=O) groups is 1. The molecule has 0 saturated heterocycles. The Morgan fingerprint density at radius 3 is 2.79 bits per heavy atom. The molecule has 0 aromatic heterocycles.